The number of sulfonamides is 1. The van der Waals surface area contributed by atoms with Crippen LogP contribution in [0.2, 0.25) is 0 Å². The summed E-state index contributed by atoms with van der Waals surface area (Å²) in [6.07, 6.45) is -0.135. The second kappa shape index (κ2) is 9.89. The number of anilines is 1. The highest BCUT2D eigenvalue weighted by Crippen LogP contribution is 2.21. The van der Waals surface area contributed by atoms with Crippen LogP contribution in [0.4, 0.5) is 5.69 Å². The van der Waals surface area contributed by atoms with E-state index < -0.39 is 16.1 Å². The molecule has 1 N–H and O–H groups in total. The molecule has 1 unspecified atom stereocenters. The molecule has 0 spiro atoms. The Morgan fingerprint density at radius 3 is 2.14 bits per heavy atom. The summed E-state index contributed by atoms with van der Waals surface area (Å²) in [5.74, 6) is 0.376. The fourth-order valence-electron chi connectivity index (χ4n) is 2.92. The lowest BCUT2D eigenvalue weighted by molar-refractivity contribution is -0.122. The van der Waals surface area contributed by atoms with Gasteiger partial charge in [0.05, 0.1) is 4.90 Å². The molecular weight excluding hydrogens is 388 g/mol. The number of carbonyl (C=O) groups excluding carboxylic acids is 1. The number of benzene rings is 2. The molecule has 0 aromatic heterocycles. The summed E-state index contributed by atoms with van der Waals surface area (Å²) in [6.45, 7) is 10.3. The Kier molecular flexibility index (Phi) is 7.81. The summed E-state index contributed by atoms with van der Waals surface area (Å²) in [5.41, 5.74) is 2.79. The predicted molar refractivity (Wildman–Crippen MR) is 116 cm³/mol. The predicted octanol–water partition coefficient (Wildman–Crippen LogP) is 4.13. The number of hydrogen-bond donors (Lipinski definition) is 1. The van der Waals surface area contributed by atoms with Crippen LogP contribution in [0.1, 0.15) is 38.3 Å². The number of nitrogens with one attached hydrogen (secondary N) is 1. The van der Waals surface area contributed by atoms with Gasteiger partial charge >= 0.3 is 0 Å². The van der Waals surface area contributed by atoms with E-state index in [9.17, 15) is 13.2 Å². The summed E-state index contributed by atoms with van der Waals surface area (Å²) < 4.78 is 32.4. The number of rotatable bonds is 9. The third-order valence-corrected chi connectivity index (χ3v) is 6.95. The van der Waals surface area contributed by atoms with Crippen LogP contribution >= 0.6 is 0 Å². The van der Waals surface area contributed by atoms with Gasteiger partial charge in [-0.1, -0.05) is 26.8 Å². The maximum atomic E-state index is 12.6. The minimum absolute atomic E-state index is 0.206. The first-order valence-electron chi connectivity index (χ1n) is 9.87. The lowest BCUT2D eigenvalue weighted by atomic mass is 10.1. The van der Waals surface area contributed by atoms with Crippen LogP contribution in [-0.4, -0.2) is 37.8 Å². The zero-order chi connectivity index (χ0) is 21.6. The molecular formula is C22H30N2O4S. The van der Waals surface area contributed by atoms with Crippen LogP contribution in [0.15, 0.2) is 47.4 Å². The number of aryl methyl sites for hydroxylation is 2. The highest BCUT2D eigenvalue weighted by Gasteiger charge is 2.22. The van der Waals surface area contributed by atoms with E-state index in [0.717, 1.165) is 11.1 Å². The summed E-state index contributed by atoms with van der Waals surface area (Å²) in [4.78, 5) is 12.8. The van der Waals surface area contributed by atoms with Crippen molar-refractivity contribution in [2.45, 2.75) is 52.0 Å². The van der Waals surface area contributed by atoms with Crippen LogP contribution < -0.4 is 10.1 Å². The first-order valence-corrected chi connectivity index (χ1v) is 11.3. The average Bonchev–Trinajstić information content (AvgIpc) is 2.69. The molecule has 0 heterocycles. The van der Waals surface area contributed by atoms with E-state index >= 15 is 0 Å². The van der Waals surface area contributed by atoms with E-state index in [1.807, 2.05) is 39.0 Å². The molecule has 0 bridgehead atoms. The minimum atomic E-state index is -3.52. The van der Waals surface area contributed by atoms with Gasteiger partial charge in [0, 0.05) is 18.8 Å². The molecule has 0 aliphatic heterocycles. The van der Waals surface area contributed by atoms with Crippen LogP contribution in [0.5, 0.6) is 5.75 Å². The minimum Gasteiger partial charge on any atom is -0.481 e. The van der Waals surface area contributed by atoms with Crippen molar-refractivity contribution in [1.82, 2.24) is 4.31 Å². The van der Waals surface area contributed by atoms with Gasteiger partial charge in [0.1, 0.15) is 5.75 Å². The van der Waals surface area contributed by atoms with Gasteiger partial charge in [-0.15, -0.1) is 0 Å². The Hall–Kier alpha value is -2.38. The Balaban J connectivity index is 2.09. The monoisotopic (exact) mass is 418 g/mol. The van der Waals surface area contributed by atoms with Crippen molar-refractivity contribution >= 4 is 21.6 Å². The molecule has 0 saturated carbocycles. The van der Waals surface area contributed by atoms with Gasteiger partial charge in [-0.2, -0.15) is 4.31 Å². The second-order valence-electron chi connectivity index (χ2n) is 6.86. The first-order chi connectivity index (χ1) is 13.7. The quantitative estimate of drug-likeness (QED) is 0.664. The molecule has 0 fully saturated rings. The van der Waals surface area contributed by atoms with Gasteiger partial charge in [-0.25, -0.2) is 8.42 Å². The third-order valence-electron chi connectivity index (χ3n) is 4.88. The van der Waals surface area contributed by atoms with E-state index in [2.05, 4.69) is 5.32 Å². The van der Waals surface area contributed by atoms with Gasteiger partial charge in [0.15, 0.2) is 6.10 Å². The Bertz CT molecular complexity index is 936. The van der Waals surface area contributed by atoms with Crippen LogP contribution in [0.25, 0.3) is 0 Å². The highest BCUT2D eigenvalue weighted by atomic mass is 32.2. The topological polar surface area (TPSA) is 75.7 Å². The number of ether oxygens (including phenoxy) is 1. The van der Waals surface area contributed by atoms with Crippen molar-refractivity contribution in [1.29, 1.82) is 0 Å². The van der Waals surface area contributed by atoms with E-state index in [-0.39, 0.29) is 10.8 Å². The molecule has 0 saturated heterocycles. The van der Waals surface area contributed by atoms with Crippen molar-refractivity contribution in [3.05, 3.63) is 53.6 Å². The lowest BCUT2D eigenvalue weighted by Crippen LogP contribution is -2.32. The molecule has 2 aromatic rings. The number of carbonyl (C=O) groups is 1. The Morgan fingerprint density at radius 2 is 1.62 bits per heavy atom. The molecule has 1 amide bonds. The van der Waals surface area contributed by atoms with Crippen molar-refractivity contribution < 1.29 is 17.9 Å². The van der Waals surface area contributed by atoms with Gasteiger partial charge in [-0.3, -0.25) is 4.79 Å². The van der Waals surface area contributed by atoms with Crippen LogP contribution in [-0.2, 0) is 14.8 Å². The zero-order valence-electron chi connectivity index (χ0n) is 17.7. The molecule has 0 radical (unpaired) electrons. The summed E-state index contributed by atoms with van der Waals surface area (Å²) >= 11 is 0. The van der Waals surface area contributed by atoms with E-state index in [4.69, 9.17) is 4.74 Å². The van der Waals surface area contributed by atoms with Crippen molar-refractivity contribution in [3.63, 3.8) is 0 Å². The Morgan fingerprint density at radius 1 is 1.00 bits per heavy atom. The molecule has 2 rings (SSSR count). The van der Waals surface area contributed by atoms with Crippen molar-refractivity contribution in [3.8, 4) is 5.75 Å². The summed E-state index contributed by atoms with van der Waals surface area (Å²) in [5, 5.41) is 2.80. The molecule has 1 atom stereocenters. The molecule has 7 heteroatoms. The van der Waals surface area contributed by atoms with Crippen molar-refractivity contribution in [2.75, 3.05) is 18.4 Å². The van der Waals surface area contributed by atoms with E-state index in [0.29, 0.717) is 30.9 Å². The van der Waals surface area contributed by atoms with E-state index in [1.165, 1.54) is 16.4 Å². The third kappa shape index (κ3) is 5.58. The SMILES string of the molecule is CCC(Oc1ccc(C)c(C)c1)C(=O)Nc1ccc(S(=O)(=O)N(CC)CC)cc1. The second-order valence-corrected chi connectivity index (χ2v) is 8.80. The van der Waals surface area contributed by atoms with Gasteiger partial charge in [0.2, 0.25) is 10.0 Å². The number of hydrogen-bond acceptors (Lipinski definition) is 4. The molecule has 6 nitrogen and oxygen atoms in total. The fourth-order valence-corrected chi connectivity index (χ4v) is 4.38. The molecule has 0 aliphatic rings. The first kappa shape index (κ1) is 22.9. The van der Waals surface area contributed by atoms with Crippen molar-refractivity contribution in [2.24, 2.45) is 0 Å². The summed E-state index contributed by atoms with van der Waals surface area (Å²) in [7, 11) is -3.52. The van der Waals surface area contributed by atoms with Gasteiger partial charge in [-0.05, 0) is 67.8 Å². The van der Waals surface area contributed by atoms with E-state index in [1.54, 1.807) is 26.0 Å². The number of nitrogens with zero attached hydrogens (tertiary/aromatic N) is 1. The maximum Gasteiger partial charge on any atom is 0.265 e. The normalized spacial score (nSPS) is 12.6. The lowest BCUT2D eigenvalue weighted by Gasteiger charge is -2.19. The van der Waals surface area contributed by atoms with Gasteiger partial charge < -0.3 is 10.1 Å². The van der Waals surface area contributed by atoms with Gasteiger partial charge in [0.25, 0.3) is 5.91 Å². The highest BCUT2D eigenvalue weighted by molar-refractivity contribution is 7.89. The number of amides is 1. The molecule has 158 valence electrons. The van der Waals surface area contributed by atoms with Crippen LogP contribution in [0, 0.1) is 13.8 Å². The smallest absolute Gasteiger partial charge is 0.265 e. The fraction of sp³-hybridized carbons (Fsp3) is 0.409. The largest absolute Gasteiger partial charge is 0.481 e. The van der Waals surface area contributed by atoms with Crippen LogP contribution in [0.3, 0.4) is 0 Å². The zero-order valence-corrected chi connectivity index (χ0v) is 18.5. The standard InChI is InChI=1S/C22H30N2O4S/c1-6-21(28-19-12-9-16(4)17(5)15-19)22(25)23-18-10-13-20(14-11-18)29(26,27)24(7-2)8-3/h9-15,21H,6-8H2,1-5H3,(H,23,25). The Labute approximate surface area is 173 Å². The molecule has 29 heavy (non-hydrogen) atoms. The average molecular weight is 419 g/mol. The maximum absolute atomic E-state index is 12.6. The molecule has 0 aliphatic carbocycles. The molecule has 2 aromatic carbocycles. The summed E-state index contributed by atoms with van der Waals surface area (Å²) in [6, 6.07) is 11.9.